The maximum Gasteiger partial charge on any atom is 0.193 e. The molecule has 0 rings (SSSR count). The maximum absolute atomic E-state index is 5.65. The van der Waals surface area contributed by atoms with Gasteiger partial charge in [0, 0.05) is 5.41 Å². The first kappa shape index (κ1) is 10.8. The number of hydrogen-bond donors (Lipinski definition) is 3. The molecule has 0 bridgehead atoms. The van der Waals surface area contributed by atoms with E-state index < -0.39 is 5.85 Å². The van der Waals surface area contributed by atoms with E-state index in [1.165, 1.54) is 0 Å². The van der Waals surface area contributed by atoms with E-state index in [0.29, 0.717) is 0 Å². The lowest BCUT2D eigenvalue weighted by Gasteiger charge is -2.40. The van der Waals surface area contributed by atoms with Crippen molar-refractivity contribution < 1.29 is 4.84 Å². The summed E-state index contributed by atoms with van der Waals surface area (Å²) in [6.45, 7) is 5.98. The molecule has 6 N–H and O–H groups in total. The van der Waals surface area contributed by atoms with Crippen molar-refractivity contribution in [1.82, 2.24) is 0 Å². The molecule has 0 spiro atoms. The molecule has 0 aliphatic carbocycles. The quantitative estimate of drug-likeness (QED) is 0.408. The van der Waals surface area contributed by atoms with Crippen molar-refractivity contribution in [2.45, 2.75) is 39.5 Å². The van der Waals surface area contributed by atoms with Gasteiger partial charge in [0.15, 0.2) is 5.85 Å². The Morgan fingerprint density at radius 3 is 1.64 bits per heavy atom. The normalized spacial score (nSPS) is 13.6. The highest BCUT2D eigenvalue weighted by molar-refractivity contribution is 4.86. The molecule has 0 unspecified atom stereocenters. The van der Waals surface area contributed by atoms with Gasteiger partial charge in [-0.05, 0) is 12.8 Å². The van der Waals surface area contributed by atoms with Crippen LogP contribution in [0.1, 0.15) is 33.6 Å². The summed E-state index contributed by atoms with van der Waals surface area (Å²) in [6.07, 6.45) is 1.68. The fourth-order valence-electron chi connectivity index (χ4n) is 0.945. The number of nitrogens with two attached hydrogens (primary N) is 3. The van der Waals surface area contributed by atoms with Gasteiger partial charge in [0.05, 0.1) is 0 Å². The Bertz CT molecular complexity index is 121. The molecule has 0 heterocycles. The van der Waals surface area contributed by atoms with Crippen molar-refractivity contribution in [3.63, 3.8) is 0 Å². The molecule has 0 saturated heterocycles. The van der Waals surface area contributed by atoms with Gasteiger partial charge in [0.25, 0.3) is 0 Å². The van der Waals surface area contributed by atoms with Crippen LogP contribution in [-0.2, 0) is 4.84 Å². The van der Waals surface area contributed by atoms with E-state index in [1.807, 2.05) is 20.8 Å². The fraction of sp³-hybridized carbons (Fsp3) is 1.00. The lowest BCUT2D eigenvalue weighted by atomic mass is 9.79. The molecule has 0 aromatic rings. The van der Waals surface area contributed by atoms with Crippen LogP contribution in [0.15, 0.2) is 0 Å². The molecular formula is C7H19N3O. The van der Waals surface area contributed by atoms with E-state index in [0.717, 1.165) is 12.8 Å². The Hall–Kier alpha value is -0.160. The maximum atomic E-state index is 5.65. The first-order valence-corrected chi connectivity index (χ1v) is 3.89. The van der Waals surface area contributed by atoms with Crippen molar-refractivity contribution in [1.29, 1.82) is 0 Å². The minimum atomic E-state index is -1.23. The second-order valence-electron chi connectivity index (χ2n) is 3.18. The monoisotopic (exact) mass is 161 g/mol. The van der Waals surface area contributed by atoms with Gasteiger partial charge >= 0.3 is 0 Å². The van der Waals surface area contributed by atoms with Gasteiger partial charge in [-0.1, -0.05) is 20.8 Å². The van der Waals surface area contributed by atoms with Gasteiger partial charge in [-0.3, -0.25) is 16.3 Å². The molecule has 0 radical (unpaired) electrons. The van der Waals surface area contributed by atoms with Gasteiger partial charge in [-0.2, -0.15) is 0 Å². The second kappa shape index (κ2) is 3.49. The molecule has 0 aromatic carbocycles. The average molecular weight is 161 g/mol. The third-order valence-electron chi connectivity index (χ3n) is 2.70. The average Bonchev–Trinajstić information content (AvgIpc) is 2.02. The Kier molecular flexibility index (Phi) is 3.44. The predicted molar refractivity (Wildman–Crippen MR) is 45.1 cm³/mol. The Morgan fingerprint density at radius 1 is 1.18 bits per heavy atom. The highest BCUT2D eigenvalue weighted by Crippen LogP contribution is 2.32. The van der Waals surface area contributed by atoms with Gasteiger partial charge in [-0.25, -0.2) is 5.90 Å². The summed E-state index contributed by atoms with van der Waals surface area (Å²) in [4.78, 5) is 4.54. The van der Waals surface area contributed by atoms with Gasteiger partial charge < -0.3 is 0 Å². The molecule has 0 aliphatic rings. The molecule has 0 saturated carbocycles. The van der Waals surface area contributed by atoms with Gasteiger partial charge in [0.1, 0.15) is 0 Å². The Labute approximate surface area is 68.0 Å². The Morgan fingerprint density at radius 2 is 1.55 bits per heavy atom. The first-order chi connectivity index (χ1) is 4.93. The molecule has 0 amide bonds. The molecule has 0 aliphatic heterocycles. The van der Waals surface area contributed by atoms with Crippen LogP contribution in [0.4, 0.5) is 0 Å². The largest absolute Gasteiger partial charge is 0.289 e. The molecule has 68 valence electrons. The number of rotatable bonds is 4. The summed E-state index contributed by atoms with van der Waals surface area (Å²) in [6, 6.07) is 0. The summed E-state index contributed by atoms with van der Waals surface area (Å²) in [5.41, 5.74) is 11.0. The van der Waals surface area contributed by atoms with Crippen LogP contribution in [0.3, 0.4) is 0 Å². The van der Waals surface area contributed by atoms with E-state index >= 15 is 0 Å². The first-order valence-electron chi connectivity index (χ1n) is 3.89. The van der Waals surface area contributed by atoms with Crippen LogP contribution in [0.25, 0.3) is 0 Å². The van der Waals surface area contributed by atoms with E-state index in [2.05, 4.69) is 4.84 Å². The Balaban J connectivity index is 4.47. The summed E-state index contributed by atoms with van der Waals surface area (Å²) in [7, 11) is 0. The third kappa shape index (κ3) is 1.90. The topological polar surface area (TPSA) is 87.3 Å². The molecule has 4 nitrogen and oxygen atoms in total. The molecule has 0 atom stereocenters. The summed E-state index contributed by atoms with van der Waals surface area (Å²) in [5.74, 6) is 3.77. The van der Waals surface area contributed by atoms with Crippen LogP contribution in [-0.4, -0.2) is 5.85 Å². The van der Waals surface area contributed by atoms with Crippen LogP contribution in [0.5, 0.6) is 0 Å². The molecule has 4 heteroatoms. The van der Waals surface area contributed by atoms with Crippen molar-refractivity contribution in [3.8, 4) is 0 Å². The van der Waals surface area contributed by atoms with Crippen molar-refractivity contribution in [2.24, 2.45) is 22.8 Å². The van der Waals surface area contributed by atoms with Crippen LogP contribution in [0.2, 0.25) is 0 Å². The predicted octanol–water partition coefficient (Wildman–Crippen LogP) is 0.274. The van der Waals surface area contributed by atoms with Crippen LogP contribution >= 0.6 is 0 Å². The fourth-order valence-corrected chi connectivity index (χ4v) is 0.945. The molecular weight excluding hydrogens is 142 g/mol. The summed E-state index contributed by atoms with van der Waals surface area (Å²) in [5, 5.41) is 0. The number of hydrogen-bond acceptors (Lipinski definition) is 4. The summed E-state index contributed by atoms with van der Waals surface area (Å²) >= 11 is 0. The highest BCUT2D eigenvalue weighted by Gasteiger charge is 2.40. The van der Waals surface area contributed by atoms with Crippen molar-refractivity contribution in [3.05, 3.63) is 0 Å². The minimum absolute atomic E-state index is 0.262. The minimum Gasteiger partial charge on any atom is -0.289 e. The molecule has 11 heavy (non-hydrogen) atoms. The van der Waals surface area contributed by atoms with Gasteiger partial charge in [0.2, 0.25) is 0 Å². The second-order valence-corrected chi connectivity index (χ2v) is 3.18. The van der Waals surface area contributed by atoms with Crippen LogP contribution < -0.4 is 17.4 Å². The van der Waals surface area contributed by atoms with Crippen LogP contribution in [0, 0.1) is 5.41 Å². The van der Waals surface area contributed by atoms with Crippen molar-refractivity contribution >= 4 is 0 Å². The lowest BCUT2D eigenvalue weighted by molar-refractivity contribution is -0.129. The highest BCUT2D eigenvalue weighted by atomic mass is 16.7. The van der Waals surface area contributed by atoms with E-state index in [-0.39, 0.29) is 5.41 Å². The SMILES string of the molecule is CCC(C)(CC)C(N)(N)ON. The molecule has 0 fully saturated rings. The van der Waals surface area contributed by atoms with E-state index in [1.54, 1.807) is 0 Å². The van der Waals surface area contributed by atoms with E-state index in [4.69, 9.17) is 17.4 Å². The zero-order chi connectivity index (χ0) is 9.12. The molecule has 0 aromatic heterocycles. The van der Waals surface area contributed by atoms with E-state index in [9.17, 15) is 0 Å². The van der Waals surface area contributed by atoms with Gasteiger partial charge in [-0.15, -0.1) is 0 Å². The zero-order valence-electron chi connectivity index (χ0n) is 7.55. The smallest absolute Gasteiger partial charge is 0.193 e. The summed E-state index contributed by atoms with van der Waals surface area (Å²) < 4.78 is 0. The standard InChI is InChI=1S/C7H19N3O/c1-4-6(3,5-2)7(8,9)11-10/h4-5,8-10H2,1-3H3. The third-order valence-corrected chi connectivity index (χ3v) is 2.70. The lowest BCUT2D eigenvalue weighted by Crippen LogP contribution is -2.64. The van der Waals surface area contributed by atoms with Crippen molar-refractivity contribution in [2.75, 3.05) is 0 Å². The zero-order valence-corrected chi connectivity index (χ0v) is 7.55.